The van der Waals surface area contributed by atoms with Crippen molar-refractivity contribution in [3.05, 3.63) is 0 Å². The molecule has 1 heterocycles. The summed E-state index contributed by atoms with van der Waals surface area (Å²) in [5, 5.41) is 0. The summed E-state index contributed by atoms with van der Waals surface area (Å²) < 4.78 is 15.7. The minimum absolute atomic E-state index is 0.204. The molecule has 1 rings (SSSR count). The quantitative estimate of drug-likeness (QED) is 0.607. The molecule has 0 N–H and O–H groups in total. The maximum Gasteiger partial charge on any atom is 0.0902 e. The van der Waals surface area contributed by atoms with E-state index >= 15 is 0 Å². The number of hydrogen-bond donors (Lipinski definition) is 0. The molecule has 1 aliphatic rings. The molecule has 0 aromatic heterocycles. The Morgan fingerprint density at radius 2 is 2.18 bits per heavy atom. The van der Waals surface area contributed by atoms with E-state index in [1.807, 2.05) is 6.92 Å². The first-order valence-electron chi connectivity index (χ1n) is 3.93. The second-order valence-corrected chi connectivity index (χ2v) is 2.95. The fourth-order valence-corrected chi connectivity index (χ4v) is 1.59. The molecule has 0 aliphatic carbocycles. The van der Waals surface area contributed by atoms with E-state index < -0.39 is 0 Å². The predicted molar refractivity (Wildman–Crippen MR) is 41.6 cm³/mol. The summed E-state index contributed by atoms with van der Waals surface area (Å²) in [5.74, 6) is 0.403. The van der Waals surface area contributed by atoms with Crippen molar-refractivity contribution < 1.29 is 14.2 Å². The van der Waals surface area contributed by atoms with Gasteiger partial charge in [-0.3, -0.25) is 0 Å². The molecule has 1 unspecified atom stereocenters. The number of ether oxygens (including phenoxy) is 3. The molecule has 11 heavy (non-hydrogen) atoms. The molecule has 3 nitrogen and oxygen atoms in total. The highest BCUT2D eigenvalue weighted by atomic mass is 16.6. The van der Waals surface area contributed by atoms with Crippen LogP contribution >= 0.6 is 0 Å². The zero-order valence-corrected chi connectivity index (χ0v) is 7.37. The van der Waals surface area contributed by atoms with Crippen LogP contribution in [0.1, 0.15) is 6.92 Å². The van der Waals surface area contributed by atoms with Crippen LogP contribution in [0.25, 0.3) is 0 Å². The monoisotopic (exact) mass is 160 g/mol. The Hall–Kier alpha value is -0.120. The van der Waals surface area contributed by atoms with E-state index in [1.165, 1.54) is 0 Å². The van der Waals surface area contributed by atoms with Gasteiger partial charge in [0, 0.05) is 20.1 Å². The molecule has 0 spiro atoms. The molecule has 1 fully saturated rings. The molecule has 0 aromatic rings. The zero-order chi connectivity index (χ0) is 8.27. The van der Waals surface area contributed by atoms with Crippen molar-refractivity contribution in [3.63, 3.8) is 0 Å². The molecule has 0 amide bonds. The van der Waals surface area contributed by atoms with Crippen molar-refractivity contribution in [2.24, 2.45) is 5.92 Å². The van der Waals surface area contributed by atoms with E-state index in [1.54, 1.807) is 14.2 Å². The SMILES string of the molecule is COC[C@H]1CO[C@@H](C)C1OC. The maximum atomic E-state index is 5.42. The normalized spacial score (nSPS) is 37.9. The van der Waals surface area contributed by atoms with E-state index in [9.17, 15) is 0 Å². The first-order valence-corrected chi connectivity index (χ1v) is 3.93. The van der Waals surface area contributed by atoms with E-state index in [2.05, 4.69) is 0 Å². The van der Waals surface area contributed by atoms with Crippen molar-refractivity contribution >= 4 is 0 Å². The van der Waals surface area contributed by atoms with Crippen molar-refractivity contribution in [3.8, 4) is 0 Å². The van der Waals surface area contributed by atoms with Crippen molar-refractivity contribution in [1.29, 1.82) is 0 Å². The van der Waals surface area contributed by atoms with Gasteiger partial charge in [0.1, 0.15) is 0 Å². The lowest BCUT2D eigenvalue weighted by molar-refractivity contribution is 0.00857. The summed E-state index contributed by atoms with van der Waals surface area (Å²) in [7, 11) is 3.42. The lowest BCUT2D eigenvalue weighted by Crippen LogP contribution is -2.29. The largest absolute Gasteiger partial charge is 0.384 e. The molecular formula is C8H16O3. The van der Waals surface area contributed by atoms with Crippen LogP contribution < -0.4 is 0 Å². The fourth-order valence-electron chi connectivity index (χ4n) is 1.59. The Kier molecular flexibility index (Phi) is 3.30. The molecule has 1 aliphatic heterocycles. The molecule has 3 atom stereocenters. The first kappa shape index (κ1) is 8.97. The van der Waals surface area contributed by atoms with E-state index in [-0.39, 0.29) is 12.2 Å². The molecule has 0 aromatic carbocycles. The Labute approximate surface area is 67.6 Å². The van der Waals surface area contributed by atoms with Gasteiger partial charge in [0.05, 0.1) is 25.4 Å². The van der Waals surface area contributed by atoms with Gasteiger partial charge in [-0.2, -0.15) is 0 Å². The highest BCUT2D eigenvalue weighted by Crippen LogP contribution is 2.22. The fraction of sp³-hybridized carbons (Fsp3) is 1.00. The van der Waals surface area contributed by atoms with Crippen LogP contribution in [0.3, 0.4) is 0 Å². The Balaban J connectivity index is 2.40. The highest BCUT2D eigenvalue weighted by molar-refractivity contribution is 4.81. The van der Waals surface area contributed by atoms with Crippen molar-refractivity contribution in [1.82, 2.24) is 0 Å². The summed E-state index contributed by atoms with van der Waals surface area (Å²) in [6.07, 6.45) is 0.412. The standard InChI is InChI=1S/C8H16O3/c1-6-8(10-3)7(4-9-2)5-11-6/h6-8H,4-5H2,1-3H3/t6-,7-,8?/m0/s1. The minimum atomic E-state index is 0.204. The highest BCUT2D eigenvalue weighted by Gasteiger charge is 2.34. The number of methoxy groups -OCH3 is 2. The van der Waals surface area contributed by atoms with Gasteiger partial charge in [-0.1, -0.05) is 0 Å². The van der Waals surface area contributed by atoms with Crippen LogP contribution in [0.4, 0.5) is 0 Å². The van der Waals surface area contributed by atoms with Gasteiger partial charge in [0.15, 0.2) is 0 Å². The number of rotatable bonds is 3. The molecule has 0 bridgehead atoms. The van der Waals surface area contributed by atoms with Crippen LogP contribution in [0, 0.1) is 5.92 Å². The predicted octanol–water partition coefficient (Wildman–Crippen LogP) is 0.683. The average molecular weight is 160 g/mol. The van der Waals surface area contributed by atoms with Crippen molar-refractivity contribution in [2.45, 2.75) is 19.1 Å². The lowest BCUT2D eigenvalue weighted by Gasteiger charge is -2.17. The second kappa shape index (κ2) is 4.04. The third kappa shape index (κ3) is 1.92. The van der Waals surface area contributed by atoms with Crippen LogP contribution in [0.5, 0.6) is 0 Å². The smallest absolute Gasteiger partial charge is 0.0902 e. The molecule has 1 saturated heterocycles. The molecule has 0 saturated carbocycles. The van der Waals surface area contributed by atoms with E-state index in [4.69, 9.17) is 14.2 Å². The van der Waals surface area contributed by atoms with Crippen LogP contribution in [-0.4, -0.2) is 39.6 Å². The molecule has 3 heteroatoms. The first-order chi connectivity index (χ1) is 5.29. The summed E-state index contributed by atoms with van der Waals surface area (Å²) in [6.45, 7) is 3.51. The maximum absolute atomic E-state index is 5.42. The Bertz CT molecular complexity index is 114. The summed E-state index contributed by atoms with van der Waals surface area (Å²) in [5.41, 5.74) is 0. The van der Waals surface area contributed by atoms with Crippen LogP contribution in [-0.2, 0) is 14.2 Å². The van der Waals surface area contributed by atoms with Gasteiger partial charge in [-0.05, 0) is 6.92 Å². The van der Waals surface area contributed by atoms with Gasteiger partial charge >= 0.3 is 0 Å². The van der Waals surface area contributed by atoms with Gasteiger partial charge in [0.25, 0.3) is 0 Å². The summed E-state index contributed by atoms with van der Waals surface area (Å²) in [6, 6.07) is 0. The minimum Gasteiger partial charge on any atom is -0.384 e. The third-order valence-corrected chi connectivity index (χ3v) is 2.15. The summed E-state index contributed by atoms with van der Waals surface area (Å²) in [4.78, 5) is 0. The summed E-state index contributed by atoms with van der Waals surface area (Å²) >= 11 is 0. The topological polar surface area (TPSA) is 27.7 Å². The zero-order valence-electron chi connectivity index (χ0n) is 7.37. The third-order valence-electron chi connectivity index (χ3n) is 2.15. The van der Waals surface area contributed by atoms with Gasteiger partial charge in [-0.25, -0.2) is 0 Å². The Morgan fingerprint density at radius 1 is 1.45 bits per heavy atom. The molecular weight excluding hydrogens is 144 g/mol. The van der Waals surface area contributed by atoms with Crippen molar-refractivity contribution in [2.75, 3.05) is 27.4 Å². The number of hydrogen-bond acceptors (Lipinski definition) is 3. The average Bonchev–Trinajstić information content (AvgIpc) is 2.33. The molecule has 66 valence electrons. The van der Waals surface area contributed by atoms with Crippen LogP contribution in [0.15, 0.2) is 0 Å². The van der Waals surface area contributed by atoms with Gasteiger partial charge in [-0.15, -0.1) is 0 Å². The van der Waals surface area contributed by atoms with Gasteiger partial charge < -0.3 is 14.2 Å². The van der Waals surface area contributed by atoms with Gasteiger partial charge in [0.2, 0.25) is 0 Å². The van der Waals surface area contributed by atoms with Crippen LogP contribution in [0.2, 0.25) is 0 Å². The van der Waals surface area contributed by atoms with E-state index in [0.29, 0.717) is 5.92 Å². The Morgan fingerprint density at radius 3 is 2.73 bits per heavy atom. The molecule has 0 radical (unpaired) electrons. The lowest BCUT2D eigenvalue weighted by atomic mass is 10.0. The second-order valence-electron chi connectivity index (χ2n) is 2.95. The van der Waals surface area contributed by atoms with E-state index in [0.717, 1.165) is 13.2 Å².